The molecule has 0 saturated carbocycles. The number of aromatic amines is 1. The molecule has 0 saturated heterocycles. The van der Waals surface area contributed by atoms with E-state index < -0.39 is 17.4 Å². The number of H-pyrrole nitrogens is 1. The molecule has 0 fully saturated rings. The Labute approximate surface area is 181 Å². The predicted molar refractivity (Wildman–Crippen MR) is 117 cm³/mol. The van der Waals surface area contributed by atoms with E-state index in [9.17, 15) is 14.4 Å². The van der Waals surface area contributed by atoms with Crippen molar-refractivity contribution in [2.45, 2.75) is 23.2 Å². The van der Waals surface area contributed by atoms with Crippen molar-refractivity contribution >= 4 is 46.7 Å². The predicted octanol–water partition coefficient (Wildman–Crippen LogP) is 3.78. The number of hydrogen-bond acceptors (Lipinski definition) is 5. The fraction of sp³-hybridized carbons (Fsp3) is 0.143. The number of halogens is 1. The molecule has 152 valence electrons. The van der Waals surface area contributed by atoms with E-state index in [1.165, 1.54) is 11.8 Å². The van der Waals surface area contributed by atoms with Crippen molar-refractivity contribution in [3.8, 4) is 0 Å². The van der Waals surface area contributed by atoms with E-state index in [4.69, 9.17) is 11.6 Å². The van der Waals surface area contributed by atoms with Gasteiger partial charge < -0.3 is 15.6 Å². The Balaban J connectivity index is 1.57. The number of hydrogen-bond donors (Lipinski definition) is 3. The van der Waals surface area contributed by atoms with Gasteiger partial charge in [-0.15, -0.1) is 0 Å². The van der Waals surface area contributed by atoms with Gasteiger partial charge >= 0.3 is 0 Å². The Morgan fingerprint density at radius 1 is 1.13 bits per heavy atom. The molecule has 30 heavy (non-hydrogen) atoms. The highest BCUT2D eigenvalue weighted by Crippen LogP contribution is 2.31. The van der Waals surface area contributed by atoms with Crippen molar-refractivity contribution in [2.24, 2.45) is 0 Å². The fourth-order valence-corrected chi connectivity index (χ4v) is 4.07. The number of anilines is 2. The monoisotopic (exact) mass is 440 g/mol. The van der Waals surface area contributed by atoms with E-state index in [-0.39, 0.29) is 23.7 Å². The molecule has 2 heterocycles. The van der Waals surface area contributed by atoms with Crippen LogP contribution in [0.1, 0.15) is 23.5 Å². The molecule has 9 heteroatoms. The maximum Gasteiger partial charge on any atom is 0.257 e. The molecule has 1 aliphatic rings. The Hall–Kier alpha value is -3.10. The molecule has 0 aliphatic carbocycles. The third kappa shape index (κ3) is 4.55. The number of thioether (sulfide) groups is 1. The minimum absolute atomic E-state index is 0.127. The van der Waals surface area contributed by atoms with Gasteiger partial charge in [-0.2, -0.15) is 0 Å². The zero-order valence-corrected chi connectivity index (χ0v) is 17.2. The normalized spacial score (nSPS) is 15.2. The molecular formula is C21H17ClN4O3S. The van der Waals surface area contributed by atoms with Crippen LogP contribution in [0.2, 0.25) is 5.02 Å². The second kappa shape index (κ2) is 8.73. The molecule has 3 aromatic rings. The first kappa shape index (κ1) is 20.2. The van der Waals surface area contributed by atoms with Gasteiger partial charge in [0.15, 0.2) is 5.16 Å². The van der Waals surface area contributed by atoms with Gasteiger partial charge in [-0.25, -0.2) is 4.98 Å². The summed E-state index contributed by atoms with van der Waals surface area (Å²) in [5, 5.41) is 6.26. The van der Waals surface area contributed by atoms with E-state index in [1.54, 1.807) is 24.3 Å². The first-order valence-corrected chi connectivity index (χ1v) is 10.5. The summed E-state index contributed by atoms with van der Waals surface area (Å²) in [7, 11) is 0. The van der Waals surface area contributed by atoms with E-state index in [2.05, 4.69) is 20.6 Å². The second-order valence-corrected chi connectivity index (χ2v) is 8.11. The number of fused-ring (bicyclic) bond motifs is 1. The lowest BCUT2D eigenvalue weighted by Crippen LogP contribution is -2.36. The van der Waals surface area contributed by atoms with Crippen molar-refractivity contribution < 1.29 is 9.59 Å². The van der Waals surface area contributed by atoms with Crippen molar-refractivity contribution in [2.75, 3.05) is 10.6 Å². The lowest BCUT2D eigenvalue weighted by molar-refractivity contribution is -0.123. The SMILES string of the molecule is O=C1C[C@H](C(=O)Nc2ccc(Cl)cc2)c2c(nc(SCc3ccccc3)[nH]c2=O)N1. The third-order valence-electron chi connectivity index (χ3n) is 4.58. The molecular weight excluding hydrogens is 424 g/mol. The zero-order valence-electron chi connectivity index (χ0n) is 15.6. The largest absolute Gasteiger partial charge is 0.326 e. The van der Waals surface area contributed by atoms with Gasteiger partial charge in [0, 0.05) is 22.9 Å². The topological polar surface area (TPSA) is 104 Å². The van der Waals surface area contributed by atoms with E-state index in [0.29, 0.717) is 21.6 Å². The molecule has 4 rings (SSSR count). The first-order chi connectivity index (χ1) is 14.5. The van der Waals surface area contributed by atoms with Crippen LogP contribution in [0, 0.1) is 0 Å². The number of carbonyl (C=O) groups excluding carboxylic acids is 2. The summed E-state index contributed by atoms with van der Waals surface area (Å²) >= 11 is 7.21. The smallest absolute Gasteiger partial charge is 0.257 e. The Morgan fingerprint density at radius 3 is 2.60 bits per heavy atom. The maximum absolute atomic E-state index is 12.8. The van der Waals surface area contributed by atoms with E-state index in [1.807, 2.05) is 30.3 Å². The molecule has 0 radical (unpaired) electrons. The molecule has 1 atom stereocenters. The molecule has 0 spiro atoms. The number of aromatic nitrogens is 2. The summed E-state index contributed by atoms with van der Waals surface area (Å²) in [6, 6.07) is 16.3. The molecule has 0 bridgehead atoms. The van der Waals surface area contributed by atoms with Crippen LogP contribution < -0.4 is 16.2 Å². The second-order valence-electron chi connectivity index (χ2n) is 6.71. The van der Waals surface area contributed by atoms with Crippen LogP contribution >= 0.6 is 23.4 Å². The lowest BCUT2D eigenvalue weighted by Gasteiger charge is -2.23. The molecule has 7 nitrogen and oxygen atoms in total. The number of nitrogens with one attached hydrogen (secondary N) is 3. The van der Waals surface area contributed by atoms with Crippen LogP contribution in [0.25, 0.3) is 0 Å². The van der Waals surface area contributed by atoms with Gasteiger partial charge in [0.1, 0.15) is 5.82 Å². The number of nitrogens with zero attached hydrogens (tertiary/aromatic N) is 1. The van der Waals surface area contributed by atoms with Crippen molar-refractivity contribution in [3.63, 3.8) is 0 Å². The number of amides is 2. The Morgan fingerprint density at radius 2 is 1.87 bits per heavy atom. The minimum Gasteiger partial charge on any atom is -0.326 e. The van der Waals surface area contributed by atoms with Crippen molar-refractivity contribution in [1.29, 1.82) is 0 Å². The summed E-state index contributed by atoms with van der Waals surface area (Å²) in [6.07, 6.45) is -0.131. The van der Waals surface area contributed by atoms with Gasteiger partial charge in [-0.1, -0.05) is 53.7 Å². The van der Waals surface area contributed by atoms with Gasteiger partial charge in [0.2, 0.25) is 11.8 Å². The highest BCUT2D eigenvalue weighted by molar-refractivity contribution is 7.98. The van der Waals surface area contributed by atoms with Gasteiger partial charge in [-0.3, -0.25) is 14.4 Å². The fourth-order valence-electron chi connectivity index (χ4n) is 3.13. The highest BCUT2D eigenvalue weighted by Gasteiger charge is 2.34. The van der Waals surface area contributed by atoms with Crippen LogP contribution in [0.15, 0.2) is 64.5 Å². The quantitative estimate of drug-likeness (QED) is 0.413. The van der Waals surface area contributed by atoms with Gasteiger partial charge in [0.05, 0.1) is 11.5 Å². The average Bonchev–Trinajstić information content (AvgIpc) is 2.73. The van der Waals surface area contributed by atoms with E-state index in [0.717, 1.165) is 5.56 Å². The molecule has 2 amide bonds. The summed E-state index contributed by atoms with van der Waals surface area (Å²) < 4.78 is 0. The summed E-state index contributed by atoms with van der Waals surface area (Å²) in [5.74, 6) is -1.02. The maximum atomic E-state index is 12.8. The third-order valence-corrected chi connectivity index (χ3v) is 5.77. The van der Waals surface area contributed by atoms with Crippen LogP contribution in [-0.2, 0) is 15.3 Å². The molecule has 0 unspecified atom stereocenters. The van der Waals surface area contributed by atoms with Gasteiger partial charge in [0.25, 0.3) is 5.56 Å². The molecule has 1 aliphatic heterocycles. The standard InChI is InChI=1S/C21H17ClN4O3S/c22-13-6-8-14(9-7-13)23-19(28)15-10-16(27)24-18-17(15)20(29)26-21(25-18)30-11-12-4-2-1-3-5-12/h1-9,15H,10-11H2,(H,23,28)(H2,24,25,26,27,29)/t15-/m0/s1. The Bertz CT molecular complexity index is 1150. The molecule has 1 aromatic heterocycles. The lowest BCUT2D eigenvalue weighted by atomic mass is 9.92. The average molecular weight is 441 g/mol. The van der Waals surface area contributed by atoms with Crippen LogP contribution in [-0.4, -0.2) is 21.8 Å². The van der Waals surface area contributed by atoms with Crippen LogP contribution in [0.5, 0.6) is 0 Å². The number of benzene rings is 2. The highest BCUT2D eigenvalue weighted by atomic mass is 35.5. The minimum atomic E-state index is -0.936. The van der Waals surface area contributed by atoms with Gasteiger partial charge in [-0.05, 0) is 29.8 Å². The summed E-state index contributed by atoms with van der Waals surface area (Å²) in [4.78, 5) is 44.8. The van der Waals surface area contributed by atoms with Crippen LogP contribution in [0.4, 0.5) is 11.5 Å². The van der Waals surface area contributed by atoms with Crippen molar-refractivity contribution in [1.82, 2.24) is 9.97 Å². The van der Waals surface area contributed by atoms with E-state index >= 15 is 0 Å². The summed E-state index contributed by atoms with van der Waals surface area (Å²) in [6.45, 7) is 0. The summed E-state index contributed by atoms with van der Waals surface area (Å²) in [5.41, 5.74) is 1.32. The number of carbonyl (C=O) groups is 2. The number of rotatable bonds is 5. The first-order valence-electron chi connectivity index (χ1n) is 9.17. The molecule has 2 aromatic carbocycles. The zero-order chi connectivity index (χ0) is 21.1. The van der Waals surface area contributed by atoms with Crippen LogP contribution in [0.3, 0.4) is 0 Å². The van der Waals surface area contributed by atoms with Crippen molar-refractivity contribution in [3.05, 3.63) is 81.1 Å². The molecule has 3 N–H and O–H groups in total. The Kier molecular flexibility index (Phi) is 5.87.